The van der Waals surface area contributed by atoms with Gasteiger partial charge in [0.15, 0.2) is 0 Å². The van der Waals surface area contributed by atoms with Crippen molar-refractivity contribution >= 4 is 26.7 Å². The third-order valence-corrected chi connectivity index (χ3v) is 6.32. The highest BCUT2D eigenvalue weighted by atomic mass is 32.2. The van der Waals surface area contributed by atoms with Gasteiger partial charge in [-0.05, 0) is 74.3 Å². The lowest BCUT2D eigenvalue weighted by Gasteiger charge is -2.21. The summed E-state index contributed by atoms with van der Waals surface area (Å²) >= 11 is 0. The van der Waals surface area contributed by atoms with Crippen LogP contribution in [0.1, 0.15) is 57.3 Å². The Morgan fingerprint density at radius 3 is 2.24 bits per heavy atom. The molecule has 3 rings (SSSR count). The molecule has 34 heavy (non-hydrogen) atoms. The minimum Gasteiger partial charge on any atom is -0.494 e. The van der Waals surface area contributed by atoms with Crippen LogP contribution in [0.15, 0.2) is 52.9 Å². The molecule has 0 saturated heterocycles. The van der Waals surface area contributed by atoms with Gasteiger partial charge in [0.2, 0.25) is 10.0 Å². The van der Waals surface area contributed by atoms with Crippen LogP contribution in [-0.4, -0.2) is 45.8 Å². The summed E-state index contributed by atoms with van der Waals surface area (Å²) < 4.78 is 37.3. The Hall–Kier alpha value is -2.51. The van der Waals surface area contributed by atoms with Gasteiger partial charge in [-0.2, -0.15) is 0 Å². The number of benzene rings is 2. The fraction of sp³-hybridized carbons (Fsp3) is 0.481. The summed E-state index contributed by atoms with van der Waals surface area (Å²) in [5.74, 6) is 1.72. The highest BCUT2D eigenvalue weighted by Crippen LogP contribution is 2.25. The Bertz CT molecular complexity index is 1120. The second-order valence-corrected chi connectivity index (χ2v) is 10.7. The first-order valence-corrected chi connectivity index (χ1v) is 14.2. The number of unbranched alkanes of at least 4 members (excludes halogenated alkanes) is 2. The molecule has 0 atom stereocenters. The van der Waals surface area contributed by atoms with Crippen LogP contribution < -0.4 is 9.46 Å². The van der Waals surface area contributed by atoms with Gasteiger partial charge >= 0.3 is 0 Å². The minimum atomic E-state index is -3.31. The van der Waals surface area contributed by atoms with E-state index < -0.39 is 10.0 Å². The van der Waals surface area contributed by atoms with Crippen LogP contribution >= 0.6 is 0 Å². The highest BCUT2D eigenvalue weighted by Gasteiger charge is 2.09. The molecular formula is C27H38N2O4S. The normalized spacial score (nSPS) is 11.9. The van der Waals surface area contributed by atoms with Crippen molar-refractivity contribution in [3.63, 3.8) is 0 Å². The summed E-state index contributed by atoms with van der Waals surface area (Å²) in [5.41, 5.74) is 2.40. The predicted molar refractivity (Wildman–Crippen MR) is 140 cm³/mol. The number of nitrogens with zero attached hydrogens (tertiary/aromatic N) is 1. The molecule has 7 heteroatoms. The molecule has 0 aliphatic rings. The maximum absolute atomic E-state index is 11.5. The van der Waals surface area contributed by atoms with Crippen molar-refractivity contribution in [1.82, 2.24) is 4.90 Å². The van der Waals surface area contributed by atoms with Crippen LogP contribution in [0.4, 0.5) is 5.69 Å². The summed E-state index contributed by atoms with van der Waals surface area (Å²) in [4.78, 5) is 2.56. The summed E-state index contributed by atoms with van der Waals surface area (Å²) in [6.45, 7) is 8.67. The van der Waals surface area contributed by atoms with Crippen LogP contribution in [-0.2, 0) is 16.4 Å². The lowest BCUT2D eigenvalue weighted by molar-refractivity contribution is 0.229. The molecule has 0 radical (unpaired) electrons. The largest absolute Gasteiger partial charge is 0.494 e. The van der Waals surface area contributed by atoms with E-state index in [0.717, 1.165) is 53.9 Å². The summed E-state index contributed by atoms with van der Waals surface area (Å²) in [6.07, 6.45) is 7.83. The first-order valence-electron chi connectivity index (χ1n) is 12.3. The average molecular weight is 487 g/mol. The van der Waals surface area contributed by atoms with Crippen molar-refractivity contribution in [3.05, 3.63) is 59.9 Å². The molecule has 0 spiro atoms. The predicted octanol–water partition coefficient (Wildman–Crippen LogP) is 6.07. The maximum Gasteiger partial charge on any atom is 0.229 e. The molecule has 0 amide bonds. The molecule has 0 unspecified atom stereocenters. The van der Waals surface area contributed by atoms with Gasteiger partial charge in [-0.25, -0.2) is 8.42 Å². The zero-order chi connectivity index (χ0) is 24.4. The zero-order valence-corrected chi connectivity index (χ0v) is 21.5. The number of furan rings is 1. The number of sulfonamides is 1. The topological polar surface area (TPSA) is 71.8 Å². The van der Waals surface area contributed by atoms with E-state index in [2.05, 4.69) is 35.6 Å². The lowest BCUT2D eigenvalue weighted by atomic mass is 10.1. The molecule has 1 N–H and O–H groups in total. The van der Waals surface area contributed by atoms with Gasteiger partial charge in [-0.1, -0.05) is 38.8 Å². The Kier molecular flexibility index (Phi) is 9.84. The molecule has 1 aromatic heterocycles. The molecular weight excluding hydrogens is 448 g/mol. The fourth-order valence-corrected chi connectivity index (χ4v) is 4.50. The summed E-state index contributed by atoms with van der Waals surface area (Å²) in [6, 6.07) is 15.4. The second-order valence-electron chi connectivity index (χ2n) is 8.91. The molecule has 1 heterocycles. The summed E-state index contributed by atoms with van der Waals surface area (Å²) in [7, 11) is -3.31. The Morgan fingerprint density at radius 2 is 1.59 bits per heavy atom. The van der Waals surface area contributed by atoms with Crippen molar-refractivity contribution in [2.24, 2.45) is 0 Å². The molecule has 0 bridgehead atoms. The number of nitrogens with one attached hydrogen (secondary N) is 1. The van der Waals surface area contributed by atoms with Gasteiger partial charge in [0.05, 0.1) is 12.9 Å². The number of fused-ring (bicyclic) bond motifs is 1. The lowest BCUT2D eigenvalue weighted by Crippen LogP contribution is -2.28. The van der Waals surface area contributed by atoms with E-state index >= 15 is 0 Å². The third kappa shape index (κ3) is 8.69. The molecule has 0 saturated carbocycles. The summed E-state index contributed by atoms with van der Waals surface area (Å²) in [5, 5.41) is 0.871. The first kappa shape index (κ1) is 26.1. The van der Waals surface area contributed by atoms with Gasteiger partial charge in [-0.15, -0.1) is 0 Å². The van der Waals surface area contributed by atoms with Crippen molar-refractivity contribution in [2.75, 3.05) is 37.2 Å². The maximum atomic E-state index is 11.5. The zero-order valence-electron chi connectivity index (χ0n) is 20.7. The number of rotatable bonds is 15. The van der Waals surface area contributed by atoms with E-state index in [9.17, 15) is 8.42 Å². The van der Waals surface area contributed by atoms with Crippen LogP contribution in [0.25, 0.3) is 11.0 Å². The van der Waals surface area contributed by atoms with E-state index in [1.54, 1.807) is 18.2 Å². The van der Waals surface area contributed by atoms with E-state index in [0.29, 0.717) is 12.1 Å². The van der Waals surface area contributed by atoms with Crippen LogP contribution in [0.3, 0.4) is 0 Å². The van der Waals surface area contributed by atoms with Gasteiger partial charge < -0.3 is 14.1 Å². The number of ether oxygens (including phenoxy) is 1. The third-order valence-electron chi connectivity index (χ3n) is 5.72. The van der Waals surface area contributed by atoms with Crippen molar-refractivity contribution in [2.45, 2.75) is 52.4 Å². The number of hydrogen-bond acceptors (Lipinski definition) is 5. The van der Waals surface area contributed by atoms with Crippen LogP contribution in [0.2, 0.25) is 0 Å². The van der Waals surface area contributed by atoms with Crippen molar-refractivity contribution in [3.8, 4) is 5.75 Å². The Morgan fingerprint density at radius 1 is 0.912 bits per heavy atom. The molecule has 0 aliphatic heterocycles. The second kappa shape index (κ2) is 12.8. The van der Waals surface area contributed by atoms with Crippen LogP contribution in [0.5, 0.6) is 5.75 Å². The quantitative estimate of drug-likeness (QED) is 0.264. The van der Waals surface area contributed by atoms with Gasteiger partial charge in [-0.3, -0.25) is 4.72 Å². The first-order chi connectivity index (χ1) is 16.4. The molecule has 2 aromatic carbocycles. The average Bonchev–Trinajstić information content (AvgIpc) is 3.19. The SMILES string of the molecule is CCCCN(CCCC)CCCOc1ccc(Cc2cc3cc(NS(C)(=O)=O)ccc3o2)cc1. The fourth-order valence-electron chi connectivity index (χ4n) is 3.94. The highest BCUT2D eigenvalue weighted by molar-refractivity contribution is 7.92. The van der Waals surface area contributed by atoms with E-state index in [1.807, 2.05) is 18.2 Å². The van der Waals surface area contributed by atoms with E-state index in [1.165, 1.54) is 38.8 Å². The van der Waals surface area contributed by atoms with E-state index in [4.69, 9.17) is 9.15 Å². The molecule has 3 aromatic rings. The standard InChI is InChI=1S/C27H38N2O4S/c1-4-6-15-29(16-7-5-2)17-8-18-32-25-12-9-22(10-13-25)19-26-21-23-20-24(28-34(3,30)31)11-14-27(23)33-26/h9-14,20-21,28H,4-8,15-19H2,1-3H3. The molecule has 0 fully saturated rings. The molecule has 6 nitrogen and oxygen atoms in total. The van der Waals surface area contributed by atoms with Crippen molar-refractivity contribution in [1.29, 1.82) is 0 Å². The number of anilines is 1. The monoisotopic (exact) mass is 486 g/mol. The smallest absolute Gasteiger partial charge is 0.229 e. The van der Waals surface area contributed by atoms with Gasteiger partial charge in [0.1, 0.15) is 17.1 Å². The molecule has 0 aliphatic carbocycles. The Labute approximate surface area is 204 Å². The minimum absolute atomic E-state index is 0.530. The molecule has 186 valence electrons. The Balaban J connectivity index is 1.49. The van der Waals surface area contributed by atoms with E-state index in [-0.39, 0.29) is 0 Å². The number of hydrogen-bond donors (Lipinski definition) is 1. The van der Waals surface area contributed by atoms with Gasteiger partial charge in [0.25, 0.3) is 0 Å². The van der Waals surface area contributed by atoms with Crippen LogP contribution in [0, 0.1) is 0 Å². The van der Waals surface area contributed by atoms with Crippen molar-refractivity contribution < 1.29 is 17.6 Å². The van der Waals surface area contributed by atoms with Gasteiger partial charge in [0, 0.05) is 24.0 Å².